The molecule has 1 unspecified atom stereocenters. The van der Waals surface area contributed by atoms with E-state index in [0.717, 1.165) is 0 Å². The maximum Gasteiger partial charge on any atom is 0.308 e. The second kappa shape index (κ2) is 8.16. The van der Waals surface area contributed by atoms with Gasteiger partial charge in [-0.3, -0.25) is 14.4 Å². The first kappa shape index (κ1) is 13.8. The fraction of sp³-hybridized carbons (Fsp3) is 0.750. The van der Waals surface area contributed by atoms with E-state index in [4.69, 9.17) is 5.73 Å². The summed E-state index contributed by atoms with van der Waals surface area (Å²) in [5.41, 5.74) is 7.09. The number of aliphatic hydroxyl groups excluding tert-OH is 1. The van der Waals surface area contributed by atoms with Crippen LogP contribution in [0.3, 0.4) is 0 Å². The van der Waals surface area contributed by atoms with Gasteiger partial charge in [0.2, 0.25) is 5.91 Å². The highest BCUT2D eigenvalue weighted by molar-refractivity contribution is 5.74. The second-order valence-corrected chi connectivity index (χ2v) is 2.77. The van der Waals surface area contributed by atoms with Gasteiger partial charge in [-0.1, -0.05) is 0 Å². The summed E-state index contributed by atoms with van der Waals surface area (Å²) in [4.78, 5) is 25.7. The molecule has 7 nitrogen and oxygen atoms in total. The Hall–Kier alpha value is -1.18. The average molecular weight is 220 g/mol. The van der Waals surface area contributed by atoms with Gasteiger partial charge in [0.1, 0.15) is 6.61 Å². The van der Waals surface area contributed by atoms with Gasteiger partial charge >= 0.3 is 5.97 Å². The standard InChI is InChI=1S/C8H16N2O5/c1-2-14-8(13)3-6(11)4-10-15-5-7(9)12/h6,10-11H,2-5H2,1H3,(H2,9,12). The third-order valence-corrected chi connectivity index (χ3v) is 1.34. The van der Waals surface area contributed by atoms with E-state index in [1.807, 2.05) is 0 Å². The number of rotatable bonds is 8. The lowest BCUT2D eigenvalue weighted by Gasteiger charge is -2.10. The van der Waals surface area contributed by atoms with Crippen LogP contribution >= 0.6 is 0 Å². The number of ether oxygens (including phenoxy) is 1. The van der Waals surface area contributed by atoms with Crippen molar-refractivity contribution in [3.05, 3.63) is 0 Å². The molecule has 4 N–H and O–H groups in total. The first-order valence-corrected chi connectivity index (χ1v) is 4.52. The largest absolute Gasteiger partial charge is 0.466 e. The smallest absolute Gasteiger partial charge is 0.308 e. The van der Waals surface area contributed by atoms with Gasteiger partial charge in [0.25, 0.3) is 0 Å². The molecule has 1 atom stereocenters. The van der Waals surface area contributed by atoms with Gasteiger partial charge in [0.05, 0.1) is 19.1 Å². The Morgan fingerprint density at radius 3 is 2.73 bits per heavy atom. The number of esters is 1. The molecule has 7 heteroatoms. The molecule has 0 aromatic rings. The number of amides is 1. The summed E-state index contributed by atoms with van der Waals surface area (Å²) >= 11 is 0. The zero-order valence-corrected chi connectivity index (χ0v) is 8.56. The Labute approximate surface area is 87.5 Å². The molecule has 0 aliphatic carbocycles. The molecule has 0 fully saturated rings. The highest BCUT2D eigenvalue weighted by atomic mass is 16.6. The number of primary amides is 1. The number of carbonyl (C=O) groups excluding carboxylic acids is 2. The minimum atomic E-state index is -0.920. The maximum absolute atomic E-state index is 10.9. The summed E-state index contributed by atoms with van der Waals surface area (Å²) in [6.45, 7) is 1.69. The molecule has 0 rings (SSSR count). The van der Waals surface area contributed by atoms with E-state index in [9.17, 15) is 14.7 Å². The topological polar surface area (TPSA) is 111 Å². The fourth-order valence-electron chi connectivity index (χ4n) is 0.762. The number of carbonyl (C=O) groups is 2. The summed E-state index contributed by atoms with van der Waals surface area (Å²) in [5.74, 6) is -1.11. The zero-order chi connectivity index (χ0) is 11.7. The van der Waals surface area contributed by atoms with Crippen LogP contribution < -0.4 is 11.2 Å². The van der Waals surface area contributed by atoms with Crippen LogP contribution in [0, 0.1) is 0 Å². The molecule has 0 aromatic heterocycles. The molecular formula is C8H16N2O5. The van der Waals surface area contributed by atoms with Crippen LogP contribution in [0.4, 0.5) is 0 Å². The highest BCUT2D eigenvalue weighted by Crippen LogP contribution is 1.93. The van der Waals surface area contributed by atoms with Crippen LogP contribution in [0.2, 0.25) is 0 Å². The van der Waals surface area contributed by atoms with Crippen LogP contribution in [0.15, 0.2) is 0 Å². The summed E-state index contributed by atoms with van der Waals surface area (Å²) < 4.78 is 4.62. The predicted octanol–water partition coefficient (Wildman–Crippen LogP) is -1.69. The van der Waals surface area contributed by atoms with Crippen molar-refractivity contribution in [2.75, 3.05) is 19.8 Å². The summed E-state index contributed by atoms with van der Waals surface area (Å²) in [5, 5.41) is 9.25. The van der Waals surface area contributed by atoms with Crippen molar-refractivity contribution in [3.63, 3.8) is 0 Å². The lowest BCUT2D eigenvalue weighted by molar-refractivity contribution is -0.145. The van der Waals surface area contributed by atoms with E-state index in [1.54, 1.807) is 6.92 Å². The molecule has 0 bridgehead atoms. The molecule has 0 spiro atoms. The molecule has 88 valence electrons. The van der Waals surface area contributed by atoms with Gasteiger partial charge in [0.15, 0.2) is 0 Å². The Balaban J connectivity index is 3.44. The molecule has 0 aliphatic rings. The van der Waals surface area contributed by atoms with E-state index >= 15 is 0 Å². The van der Waals surface area contributed by atoms with Gasteiger partial charge in [-0.25, -0.2) is 0 Å². The predicted molar refractivity (Wildman–Crippen MR) is 50.4 cm³/mol. The Morgan fingerprint density at radius 1 is 1.53 bits per heavy atom. The SMILES string of the molecule is CCOC(=O)CC(O)CNOCC(N)=O. The van der Waals surface area contributed by atoms with E-state index in [0.29, 0.717) is 0 Å². The number of hydroxylamine groups is 1. The fourth-order valence-corrected chi connectivity index (χ4v) is 0.762. The van der Waals surface area contributed by atoms with E-state index < -0.39 is 18.0 Å². The number of nitrogens with one attached hydrogen (secondary N) is 1. The molecule has 15 heavy (non-hydrogen) atoms. The lowest BCUT2D eigenvalue weighted by atomic mass is 10.2. The Morgan fingerprint density at radius 2 is 2.20 bits per heavy atom. The van der Waals surface area contributed by atoms with Gasteiger partial charge in [-0.05, 0) is 6.92 Å². The number of hydrogen-bond acceptors (Lipinski definition) is 6. The molecule has 1 amide bonds. The lowest BCUT2D eigenvalue weighted by Crippen LogP contribution is -2.32. The zero-order valence-electron chi connectivity index (χ0n) is 8.56. The average Bonchev–Trinajstić information content (AvgIpc) is 2.12. The monoisotopic (exact) mass is 220 g/mol. The van der Waals surface area contributed by atoms with Crippen molar-refractivity contribution in [2.24, 2.45) is 5.73 Å². The van der Waals surface area contributed by atoms with Crippen molar-refractivity contribution < 1.29 is 24.3 Å². The van der Waals surface area contributed by atoms with Crippen LogP contribution in [0.1, 0.15) is 13.3 Å². The van der Waals surface area contributed by atoms with Gasteiger partial charge in [-0.15, -0.1) is 0 Å². The van der Waals surface area contributed by atoms with E-state index in [2.05, 4.69) is 15.1 Å². The van der Waals surface area contributed by atoms with Gasteiger partial charge in [-0.2, -0.15) is 5.48 Å². The second-order valence-electron chi connectivity index (χ2n) is 2.77. The van der Waals surface area contributed by atoms with Crippen LogP contribution in [-0.4, -0.2) is 42.8 Å². The minimum absolute atomic E-state index is 0.0199. The van der Waals surface area contributed by atoms with Crippen molar-refractivity contribution >= 4 is 11.9 Å². The maximum atomic E-state index is 10.9. The normalized spacial score (nSPS) is 12.1. The van der Waals surface area contributed by atoms with Crippen LogP contribution in [-0.2, 0) is 19.2 Å². The Kier molecular flexibility index (Phi) is 7.51. The minimum Gasteiger partial charge on any atom is -0.466 e. The van der Waals surface area contributed by atoms with Crippen molar-refractivity contribution in [3.8, 4) is 0 Å². The van der Waals surface area contributed by atoms with Crippen molar-refractivity contribution in [2.45, 2.75) is 19.4 Å². The first-order chi connectivity index (χ1) is 7.06. The number of hydrogen-bond donors (Lipinski definition) is 3. The van der Waals surface area contributed by atoms with Crippen LogP contribution in [0.25, 0.3) is 0 Å². The summed E-state index contributed by atoms with van der Waals surface area (Å²) in [7, 11) is 0. The Bertz CT molecular complexity index is 209. The highest BCUT2D eigenvalue weighted by Gasteiger charge is 2.11. The van der Waals surface area contributed by atoms with Crippen molar-refractivity contribution in [1.29, 1.82) is 0 Å². The molecule has 0 saturated heterocycles. The van der Waals surface area contributed by atoms with Gasteiger partial charge in [0, 0.05) is 6.54 Å². The summed E-state index contributed by atoms with van der Waals surface area (Å²) in [6.07, 6.45) is -1.04. The molecule has 0 saturated carbocycles. The quantitative estimate of drug-likeness (QED) is 0.255. The number of nitrogens with two attached hydrogens (primary N) is 1. The molecule has 0 radical (unpaired) electrons. The third-order valence-electron chi connectivity index (χ3n) is 1.34. The van der Waals surface area contributed by atoms with Crippen molar-refractivity contribution in [1.82, 2.24) is 5.48 Å². The third kappa shape index (κ3) is 9.13. The number of aliphatic hydroxyl groups is 1. The molecule has 0 aromatic carbocycles. The van der Waals surface area contributed by atoms with E-state index in [1.165, 1.54) is 0 Å². The van der Waals surface area contributed by atoms with Crippen LogP contribution in [0.5, 0.6) is 0 Å². The molecule has 0 aliphatic heterocycles. The summed E-state index contributed by atoms with van der Waals surface area (Å²) in [6, 6.07) is 0. The van der Waals surface area contributed by atoms with Gasteiger partial charge < -0.3 is 15.6 Å². The molecular weight excluding hydrogens is 204 g/mol. The first-order valence-electron chi connectivity index (χ1n) is 4.52. The molecule has 0 heterocycles. The van der Waals surface area contributed by atoms with E-state index in [-0.39, 0.29) is 26.2 Å².